The van der Waals surface area contributed by atoms with Crippen LogP contribution in [0.25, 0.3) is 0 Å². The Hall–Kier alpha value is -3.06. The van der Waals surface area contributed by atoms with Crippen molar-refractivity contribution in [3.05, 3.63) is 54.1 Å². The summed E-state index contributed by atoms with van der Waals surface area (Å²) in [5, 5.41) is 0. The lowest BCUT2D eigenvalue weighted by Gasteiger charge is -2.24. The van der Waals surface area contributed by atoms with Gasteiger partial charge in [-0.05, 0) is 48.4 Å². The Morgan fingerprint density at radius 3 is 2.22 bits per heavy atom. The van der Waals surface area contributed by atoms with Gasteiger partial charge >= 0.3 is 0 Å². The van der Waals surface area contributed by atoms with Crippen LogP contribution in [0.5, 0.6) is 11.5 Å². The summed E-state index contributed by atoms with van der Waals surface area (Å²) in [4.78, 5) is 31.9. The molecule has 2 aliphatic heterocycles. The van der Waals surface area contributed by atoms with Gasteiger partial charge in [-0.3, -0.25) is 14.5 Å². The van der Waals surface area contributed by atoms with E-state index in [2.05, 4.69) is 17.0 Å². The summed E-state index contributed by atoms with van der Waals surface area (Å²) in [5.74, 6) is 1.43. The van der Waals surface area contributed by atoms with Crippen LogP contribution in [0.3, 0.4) is 0 Å². The van der Waals surface area contributed by atoms with Crippen molar-refractivity contribution in [2.45, 2.75) is 19.4 Å². The smallest absolute Gasteiger partial charge is 0.228 e. The molecule has 0 aromatic heterocycles. The number of anilines is 1. The first-order chi connectivity index (χ1) is 15.6. The minimum absolute atomic E-state index is 0.00414. The molecule has 4 rings (SSSR count). The van der Waals surface area contributed by atoms with E-state index in [1.807, 2.05) is 41.3 Å². The number of carbonyl (C=O) groups excluding carboxylic acids is 2. The number of hydrogen-bond donors (Lipinski definition) is 0. The molecule has 2 aliphatic rings. The van der Waals surface area contributed by atoms with E-state index in [0.29, 0.717) is 13.1 Å². The lowest BCUT2D eigenvalue weighted by molar-refractivity contribution is -0.135. The predicted octanol–water partition coefficient (Wildman–Crippen LogP) is 2.79. The first-order valence-corrected chi connectivity index (χ1v) is 11.2. The highest BCUT2D eigenvalue weighted by Crippen LogP contribution is 2.28. The normalized spacial score (nSPS) is 19.7. The molecule has 7 heteroatoms. The monoisotopic (exact) mass is 437 g/mol. The molecule has 0 bridgehead atoms. The number of carbonyl (C=O) groups is 2. The molecule has 0 saturated carbocycles. The lowest BCUT2D eigenvalue weighted by Crippen LogP contribution is -2.39. The average Bonchev–Trinajstić information content (AvgIpc) is 3.06. The number of benzene rings is 2. The zero-order valence-electron chi connectivity index (χ0n) is 18.8. The van der Waals surface area contributed by atoms with Crippen molar-refractivity contribution in [1.29, 1.82) is 0 Å². The van der Waals surface area contributed by atoms with Gasteiger partial charge in [0.15, 0.2) is 0 Å². The van der Waals surface area contributed by atoms with E-state index in [1.165, 1.54) is 5.56 Å². The topological polar surface area (TPSA) is 62.3 Å². The van der Waals surface area contributed by atoms with Gasteiger partial charge in [0, 0.05) is 51.4 Å². The van der Waals surface area contributed by atoms with Crippen molar-refractivity contribution >= 4 is 17.5 Å². The van der Waals surface area contributed by atoms with Crippen LogP contribution in [0.15, 0.2) is 48.5 Å². The molecule has 2 heterocycles. The van der Waals surface area contributed by atoms with Crippen molar-refractivity contribution in [2.75, 3.05) is 51.8 Å². The molecule has 7 nitrogen and oxygen atoms in total. The number of nitrogens with zero attached hydrogens (tertiary/aromatic N) is 3. The highest BCUT2D eigenvalue weighted by molar-refractivity contribution is 6.00. The maximum absolute atomic E-state index is 13.2. The summed E-state index contributed by atoms with van der Waals surface area (Å²) in [6, 6.07) is 15.5. The molecule has 170 valence electrons. The molecule has 2 amide bonds. The first kappa shape index (κ1) is 22.1. The molecule has 0 radical (unpaired) electrons. The molecule has 0 spiro atoms. The fraction of sp³-hybridized carbons (Fsp3) is 0.440. The van der Waals surface area contributed by atoms with Crippen LogP contribution in [0.4, 0.5) is 5.69 Å². The SMILES string of the molecule is COc1ccc(CN2CCCN(C(=O)C3CC(=O)N(c4ccc(OC)cc4)C3)CC2)cc1. The summed E-state index contributed by atoms with van der Waals surface area (Å²) in [5.41, 5.74) is 2.05. The van der Waals surface area contributed by atoms with Crippen molar-refractivity contribution in [1.82, 2.24) is 9.80 Å². The Morgan fingerprint density at radius 2 is 1.56 bits per heavy atom. The van der Waals surface area contributed by atoms with Crippen molar-refractivity contribution in [3.8, 4) is 11.5 Å². The summed E-state index contributed by atoms with van der Waals surface area (Å²) in [6.07, 6.45) is 1.21. The van der Waals surface area contributed by atoms with Gasteiger partial charge in [0.1, 0.15) is 11.5 Å². The maximum atomic E-state index is 13.2. The van der Waals surface area contributed by atoms with Crippen LogP contribution in [0, 0.1) is 5.92 Å². The Morgan fingerprint density at radius 1 is 0.906 bits per heavy atom. The molecule has 1 atom stereocenters. The van der Waals surface area contributed by atoms with E-state index in [0.717, 1.165) is 49.8 Å². The maximum Gasteiger partial charge on any atom is 0.228 e. The Balaban J connectivity index is 1.32. The average molecular weight is 438 g/mol. The highest BCUT2D eigenvalue weighted by Gasteiger charge is 2.37. The second-order valence-electron chi connectivity index (χ2n) is 8.41. The van der Waals surface area contributed by atoms with E-state index in [9.17, 15) is 9.59 Å². The van der Waals surface area contributed by atoms with E-state index < -0.39 is 0 Å². The molecule has 0 N–H and O–H groups in total. The number of amides is 2. The minimum Gasteiger partial charge on any atom is -0.497 e. The zero-order chi connectivity index (χ0) is 22.5. The Kier molecular flexibility index (Phi) is 6.95. The van der Waals surface area contributed by atoms with Gasteiger partial charge in [-0.2, -0.15) is 0 Å². The van der Waals surface area contributed by atoms with Crippen molar-refractivity contribution < 1.29 is 19.1 Å². The van der Waals surface area contributed by atoms with Crippen LogP contribution in [0.1, 0.15) is 18.4 Å². The fourth-order valence-corrected chi connectivity index (χ4v) is 4.48. The molecule has 2 aromatic carbocycles. The van der Waals surface area contributed by atoms with E-state index in [1.54, 1.807) is 19.1 Å². The second kappa shape index (κ2) is 10.0. The molecule has 2 aromatic rings. The summed E-state index contributed by atoms with van der Waals surface area (Å²) < 4.78 is 10.4. The van der Waals surface area contributed by atoms with Gasteiger partial charge in [-0.15, -0.1) is 0 Å². The minimum atomic E-state index is -0.280. The predicted molar refractivity (Wildman–Crippen MR) is 123 cm³/mol. The summed E-state index contributed by atoms with van der Waals surface area (Å²) in [7, 11) is 3.29. The highest BCUT2D eigenvalue weighted by atomic mass is 16.5. The third-order valence-corrected chi connectivity index (χ3v) is 6.32. The van der Waals surface area contributed by atoms with Gasteiger partial charge < -0.3 is 19.3 Å². The van der Waals surface area contributed by atoms with Crippen LogP contribution < -0.4 is 14.4 Å². The first-order valence-electron chi connectivity index (χ1n) is 11.2. The number of rotatable bonds is 6. The standard InChI is InChI=1S/C25H31N3O4/c1-31-22-8-4-19(5-9-22)17-26-12-3-13-27(15-14-26)25(30)20-16-24(29)28(18-20)21-6-10-23(32-2)11-7-21/h4-11,20H,3,12-18H2,1-2H3. The van der Waals surface area contributed by atoms with Gasteiger partial charge in [0.2, 0.25) is 11.8 Å². The van der Waals surface area contributed by atoms with Crippen LogP contribution in [0.2, 0.25) is 0 Å². The van der Waals surface area contributed by atoms with E-state index in [-0.39, 0.29) is 24.2 Å². The molecular formula is C25H31N3O4. The van der Waals surface area contributed by atoms with Crippen LogP contribution in [-0.4, -0.2) is 68.6 Å². The molecule has 32 heavy (non-hydrogen) atoms. The van der Waals surface area contributed by atoms with E-state index in [4.69, 9.17) is 9.47 Å². The van der Waals surface area contributed by atoms with E-state index >= 15 is 0 Å². The number of ether oxygens (including phenoxy) is 2. The summed E-state index contributed by atoms with van der Waals surface area (Å²) >= 11 is 0. The van der Waals surface area contributed by atoms with Crippen LogP contribution >= 0.6 is 0 Å². The largest absolute Gasteiger partial charge is 0.497 e. The molecule has 2 saturated heterocycles. The van der Waals surface area contributed by atoms with Gasteiger partial charge in [0.25, 0.3) is 0 Å². The third kappa shape index (κ3) is 5.05. The fourth-order valence-electron chi connectivity index (χ4n) is 4.48. The Bertz CT molecular complexity index is 929. The lowest BCUT2D eigenvalue weighted by atomic mass is 10.1. The molecule has 0 aliphatic carbocycles. The van der Waals surface area contributed by atoms with Crippen molar-refractivity contribution in [2.24, 2.45) is 5.92 Å². The van der Waals surface area contributed by atoms with Crippen molar-refractivity contribution in [3.63, 3.8) is 0 Å². The molecule has 2 fully saturated rings. The Labute approximate surface area is 189 Å². The molecule has 1 unspecified atom stereocenters. The third-order valence-electron chi connectivity index (χ3n) is 6.32. The van der Waals surface area contributed by atoms with Gasteiger partial charge in [-0.25, -0.2) is 0 Å². The van der Waals surface area contributed by atoms with Gasteiger partial charge in [0.05, 0.1) is 20.1 Å². The summed E-state index contributed by atoms with van der Waals surface area (Å²) in [6.45, 7) is 4.53. The number of hydrogen-bond acceptors (Lipinski definition) is 5. The second-order valence-corrected chi connectivity index (χ2v) is 8.41. The quantitative estimate of drug-likeness (QED) is 0.696. The zero-order valence-corrected chi connectivity index (χ0v) is 18.8. The van der Waals surface area contributed by atoms with Crippen LogP contribution in [-0.2, 0) is 16.1 Å². The van der Waals surface area contributed by atoms with Gasteiger partial charge in [-0.1, -0.05) is 12.1 Å². The number of methoxy groups -OCH3 is 2. The molecular weight excluding hydrogens is 406 g/mol.